The van der Waals surface area contributed by atoms with Crippen molar-refractivity contribution in [2.45, 2.75) is 0 Å². The Morgan fingerprint density at radius 1 is 1.00 bits per heavy atom. The van der Waals surface area contributed by atoms with Crippen LogP contribution < -0.4 is 4.31 Å². The number of carbonyl (C=O) groups is 1. The first-order chi connectivity index (χ1) is 13.9. The Balaban J connectivity index is 1.60. The topological polar surface area (TPSA) is 60.9 Å². The van der Waals surface area contributed by atoms with Crippen molar-refractivity contribution in [2.24, 2.45) is 0 Å². The van der Waals surface area contributed by atoms with Gasteiger partial charge in [-0.05, 0) is 17.7 Å². The van der Waals surface area contributed by atoms with Crippen LogP contribution in [-0.4, -0.2) is 70.2 Å². The van der Waals surface area contributed by atoms with Crippen LogP contribution >= 0.6 is 0 Å². The highest BCUT2D eigenvalue weighted by Crippen LogP contribution is 2.23. The molecule has 1 heterocycles. The molecule has 2 aromatic carbocycles. The van der Waals surface area contributed by atoms with Gasteiger partial charge in [0.2, 0.25) is 10.0 Å². The number of hydrogen-bond donors (Lipinski definition) is 0. The second-order valence-corrected chi connectivity index (χ2v) is 9.17. The van der Waals surface area contributed by atoms with Gasteiger partial charge in [0.15, 0.2) is 0 Å². The monoisotopic (exact) mass is 413 g/mol. The molecule has 0 aromatic heterocycles. The summed E-state index contributed by atoms with van der Waals surface area (Å²) in [6, 6.07) is 17.0. The van der Waals surface area contributed by atoms with Crippen LogP contribution in [0.2, 0.25) is 0 Å². The molecular weight excluding hydrogens is 386 g/mol. The van der Waals surface area contributed by atoms with E-state index < -0.39 is 10.0 Å². The summed E-state index contributed by atoms with van der Waals surface area (Å²) in [5, 5.41) is 0. The molecule has 1 fully saturated rings. The highest BCUT2D eigenvalue weighted by molar-refractivity contribution is 7.92. The fraction of sp³-hybridized carbons (Fsp3) is 0.318. The quantitative estimate of drug-likeness (QED) is 0.730. The van der Waals surface area contributed by atoms with E-state index in [2.05, 4.69) is 29.2 Å². The summed E-state index contributed by atoms with van der Waals surface area (Å²) in [6.07, 6.45) is 5.38. The van der Waals surface area contributed by atoms with Gasteiger partial charge in [-0.15, -0.1) is 0 Å². The van der Waals surface area contributed by atoms with Crippen molar-refractivity contribution in [3.8, 4) is 0 Å². The van der Waals surface area contributed by atoms with E-state index >= 15 is 0 Å². The van der Waals surface area contributed by atoms with Crippen molar-refractivity contribution >= 4 is 27.7 Å². The van der Waals surface area contributed by atoms with Crippen LogP contribution in [-0.2, 0) is 10.0 Å². The molecule has 0 unspecified atom stereocenters. The molecule has 0 aliphatic carbocycles. The molecule has 0 radical (unpaired) electrons. The summed E-state index contributed by atoms with van der Waals surface area (Å²) in [6.45, 7) is 3.65. The predicted octanol–water partition coefficient (Wildman–Crippen LogP) is 2.55. The Morgan fingerprint density at radius 3 is 2.28 bits per heavy atom. The van der Waals surface area contributed by atoms with Gasteiger partial charge in [0.25, 0.3) is 5.91 Å². The Bertz CT molecular complexity index is 966. The third kappa shape index (κ3) is 5.46. The summed E-state index contributed by atoms with van der Waals surface area (Å²) in [5.74, 6) is -0.129. The maximum atomic E-state index is 13.0. The first-order valence-electron chi connectivity index (χ1n) is 9.62. The van der Waals surface area contributed by atoms with Crippen LogP contribution in [0.5, 0.6) is 0 Å². The summed E-state index contributed by atoms with van der Waals surface area (Å²) >= 11 is 0. The maximum absolute atomic E-state index is 13.0. The fourth-order valence-corrected chi connectivity index (χ4v) is 3.83. The molecule has 3 rings (SSSR count). The Hall–Kier alpha value is -2.64. The van der Waals surface area contributed by atoms with Crippen LogP contribution in [0.15, 0.2) is 60.7 Å². The lowest BCUT2D eigenvalue weighted by Gasteiger charge is -2.34. The molecule has 2 aromatic rings. The van der Waals surface area contributed by atoms with Gasteiger partial charge < -0.3 is 4.90 Å². The minimum atomic E-state index is -3.44. The lowest BCUT2D eigenvalue weighted by atomic mass is 10.1. The number of anilines is 1. The van der Waals surface area contributed by atoms with Crippen molar-refractivity contribution in [2.75, 3.05) is 50.3 Å². The van der Waals surface area contributed by atoms with Gasteiger partial charge in [-0.1, -0.05) is 54.6 Å². The number of hydrogen-bond acceptors (Lipinski definition) is 4. The number of rotatable bonds is 6. The number of para-hydroxylation sites is 1. The number of nitrogens with zero attached hydrogens (tertiary/aromatic N) is 3. The SMILES string of the molecule is CN(c1ccccc1C(=O)N1CCN(C/C=C/c2ccccc2)CC1)S(C)(=O)=O. The van der Waals surface area contributed by atoms with E-state index in [-0.39, 0.29) is 5.91 Å². The van der Waals surface area contributed by atoms with E-state index in [1.807, 2.05) is 18.2 Å². The third-order valence-corrected chi connectivity index (χ3v) is 6.30. The van der Waals surface area contributed by atoms with Crippen molar-refractivity contribution in [1.82, 2.24) is 9.80 Å². The molecule has 1 amide bonds. The molecule has 6 nitrogen and oxygen atoms in total. The lowest BCUT2D eigenvalue weighted by Crippen LogP contribution is -2.48. The molecule has 0 bridgehead atoms. The van der Waals surface area contributed by atoms with E-state index in [0.717, 1.165) is 30.2 Å². The van der Waals surface area contributed by atoms with Crippen LogP contribution in [0.4, 0.5) is 5.69 Å². The van der Waals surface area contributed by atoms with Crippen molar-refractivity contribution in [3.63, 3.8) is 0 Å². The molecular formula is C22H27N3O3S. The van der Waals surface area contributed by atoms with Crippen molar-refractivity contribution in [3.05, 3.63) is 71.8 Å². The average molecular weight is 414 g/mol. The molecule has 1 aliphatic rings. The normalized spacial score (nSPS) is 15.6. The third-order valence-electron chi connectivity index (χ3n) is 5.10. The minimum Gasteiger partial charge on any atom is -0.336 e. The maximum Gasteiger partial charge on any atom is 0.256 e. The first kappa shape index (κ1) is 21.1. The number of sulfonamides is 1. The Labute approximate surface area is 173 Å². The smallest absolute Gasteiger partial charge is 0.256 e. The van der Waals surface area contributed by atoms with Gasteiger partial charge in [-0.2, -0.15) is 0 Å². The van der Waals surface area contributed by atoms with Crippen LogP contribution in [0.3, 0.4) is 0 Å². The summed E-state index contributed by atoms with van der Waals surface area (Å²) < 4.78 is 25.0. The van der Waals surface area contributed by atoms with Crippen LogP contribution in [0, 0.1) is 0 Å². The van der Waals surface area contributed by atoms with Gasteiger partial charge in [-0.25, -0.2) is 8.42 Å². The summed E-state index contributed by atoms with van der Waals surface area (Å²) in [4.78, 5) is 17.1. The molecule has 1 aliphatic heterocycles. The van der Waals surface area contributed by atoms with E-state index in [1.165, 1.54) is 12.6 Å². The average Bonchev–Trinajstić information content (AvgIpc) is 2.73. The predicted molar refractivity (Wildman–Crippen MR) is 118 cm³/mol. The highest BCUT2D eigenvalue weighted by Gasteiger charge is 2.25. The second kappa shape index (κ2) is 9.24. The van der Waals surface area contributed by atoms with Gasteiger partial charge in [0.05, 0.1) is 17.5 Å². The zero-order valence-electron chi connectivity index (χ0n) is 16.9. The molecule has 0 saturated carbocycles. The van der Waals surface area contributed by atoms with Crippen molar-refractivity contribution in [1.29, 1.82) is 0 Å². The Kier molecular flexibility index (Phi) is 6.71. The number of piperazine rings is 1. The van der Waals surface area contributed by atoms with Gasteiger partial charge in [0.1, 0.15) is 0 Å². The molecule has 154 valence electrons. The zero-order chi connectivity index (χ0) is 20.9. The zero-order valence-corrected chi connectivity index (χ0v) is 17.7. The van der Waals surface area contributed by atoms with Crippen LogP contribution in [0.25, 0.3) is 6.08 Å². The molecule has 0 N–H and O–H groups in total. The van der Waals surface area contributed by atoms with E-state index in [0.29, 0.717) is 24.3 Å². The summed E-state index contributed by atoms with van der Waals surface area (Å²) in [5.41, 5.74) is 2.00. The largest absolute Gasteiger partial charge is 0.336 e. The second-order valence-electron chi connectivity index (χ2n) is 7.15. The minimum absolute atomic E-state index is 0.129. The highest BCUT2D eigenvalue weighted by atomic mass is 32.2. The fourth-order valence-electron chi connectivity index (χ4n) is 3.31. The van der Waals surface area contributed by atoms with E-state index in [1.54, 1.807) is 29.2 Å². The molecule has 7 heteroatoms. The molecule has 1 saturated heterocycles. The van der Waals surface area contributed by atoms with E-state index in [4.69, 9.17) is 0 Å². The first-order valence-corrected chi connectivity index (χ1v) is 11.5. The van der Waals surface area contributed by atoms with Crippen molar-refractivity contribution < 1.29 is 13.2 Å². The lowest BCUT2D eigenvalue weighted by molar-refractivity contribution is 0.0651. The number of amides is 1. The van der Waals surface area contributed by atoms with Gasteiger partial charge >= 0.3 is 0 Å². The molecule has 0 atom stereocenters. The van der Waals surface area contributed by atoms with Crippen LogP contribution in [0.1, 0.15) is 15.9 Å². The number of carbonyl (C=O) groups excluding carboxylic acids is 1. The molecule has 29 heavy (non-hydrogen) atoms. The number of benzene rings is 2. The Morgan fingerprint density at radius 2 is 1.62 bits per heavy atom. The standard InChI is InChI=1S/C22H27N3O3S/c1-23(29(2,27)28)21-13-7-6-12-20(21)22(26)25-17-15-24(16-18-25)14-8-11-19-9-4-3-5-10-19/h3-13H,14-18H2,1-2H3/b11-8+. The summed E-state index contributed by atoms with van der Waals surface area (Å²) in [7, 11) is -1.97. The van der Waals surface area contributed by atoms with E-state index in [9.17, 15) is 13.2 Å². The van der Waals surface area contributed by atoms with Gasteiger partial charge in [-0.3, -0.25) is 14.0 Å². The molecule has 0 spiro atoms. The van der Waals surface area contributed by atoms with Gasteiger partial charge in [0, 0.05) is 39.8 Å².